The molecule has 0 N–H and O–H groups in total. The van der Waals surface area contributed by atoms with Gasteiger partial charge in [0.05, 0.1) is 6.61 Å². The van der Waals surface area contributed by atoms with Gasteiger partial charge < -0.3 is 4.74 Å². The topological polar surface area (TPSA) is 22.1 Å². The van der Waals surface area contributed by atoms with Gasteiger partial charge in [0.25, 0.3) is 0 Å². The van der Waals surface area contributed by atoms with E-state index in [4.69, 9.17) is 4.74 Å². The molecular weight excluding hydrogens is 222 g/mol. The van der Waals surface area contributed by atoms with Crippen LogP contribution in [0.25, 0.3) is 0 Å². The lowest BCUT2D eigenvalue weighted by Crippen LogP contribution is -2.01. The molecule has 0 radical (unpaired) electrons. The minimum Gasteiger partial charge on any atom is -0.493 e. The Morgan fingerprint density at radius 1 is 1.11 bits per heavy atom. The van der Waals surface area contributed by atoms with Crippen LogP contribution in [0.3, 0.4) is 0 Å². The van der Waals surface area contributed by atoms with Crippen LogP contribution in [0.4, 0.5) is 0 Å². The molecule has 2 aromatic rings. The molecule has 2 nitrogen and oxygen atoms in total. The van der Waals surface area contributed by atoms with Crippen LogP contribution in [0.1, 0.15) is 30.9 Å². The summed E-state index contributed by atoms with van der Waals surface area (Å²) in [6.07, 6.45) is 4.56. The van der Waals surface area contributed by atoms with E-state index in [1.165, 1.54) is 11.1 Å². The van der Waals surface area contributed by atoms with Crippen molar-refractivity contribution in [2.75, 3.05) is 6.61 Å². The normalized spacial score (nSPS) is 10.6. The number of hydrogen-bond acceptors (Lipinski definition) is 2. The Labute approximate surface area is 109 Å². The predicted molar refractivity (Wildman–Crippen MR) is 74.0 cm³/mol. The van der Waals surface area contributed by atoms with Crippen LogP contribution < -0.4 is 4.74 Å². The van der Waals surface area contributed by atoms with Gasteiger partial charge in [-0.25, -0.2) is 0 Å². The maximum atomic E-state index is 5.72. The zero-order valence-corrected chi connectivity index (χ0v) is 11.0. The highest BCUT2D eigenvalue weighted by Gasteiger charge is 1.99. The summed E-state index contributed by atoms with van der Waals surface area (Å²) in [4.78, 5) is 4.09. The Balaban J connectivity index is 1.83. The van der Waals surface area contributed by atoms with E-state index in [0.29, 0.717) is 12.5 Å². The number of hydrogen-bond donors (Lipinski definition) is 0. The van der Waals surface area contributed by atoms with Crippen LogP contribution in [-0.2, 0) is 6.42 Å². The van der Waals surface area contributed by atoms with E-state index in [9.17, 15) is 0 Å². The third-order valence-electron chi connectivity index (χ3n) is 2.93. The van der Waals surface area contributed by atoms with Crippen molar-refractivity contribution in [3.8, 4) is 5.75 Å². The van der Waals surface area contributed by atoms with Crippen molar-refractivity contribution in [1.82, 2.24) is 4.98 Å². The minimum absolute atomic E-state index is 0.564. The van der Waals surface area contributed by atoms with E-state index in [-0.39, 0.29) is 0 Å². The van der Waals surface area contributed by atoms with E-state index in [1.54, 1.807) is 6.20 Å². The number of aromatic nitrogens is 1. The molecular formula is C16H19NO. The molecule has 1 aromatic heterocycles. The van der Waals surface area contributed by atoms with E-state index in [1.807, 2.05) is 24.4 Å². The van der Waals surface area contributed by atoms with E-state index in [0.717, 1.165) is 12.2 Å². The molecule has 0 aliphatic rings. The lowest BCUT2D eigenvalue weighted by molar-refractivity contribution is 0.321. The van der Waals surface area contributed by atoms with Crippen molar-refractivity contribution in [1.29, 1.82) is 0 Å². The SMILES string of the molecule is CC(C)c1ccc(OCCc2cccnc2)cc1. The first-order chi connectivity index (χ1) is 8.75. The largest absolute Gasteiger partial charge is 0.493 e. The van der Waals surface area contributed by atoms with Crippen LogP contribution in [0.15, 0.2) is 48.8 Å². The molecule has 0 saturated heterocycles. The molecule has 0 bridgehead atoms. The molecule has 0 unspecified atom stereocenters. The molecule has 0 spiro atoms. The summed E-state index contributed by atoms with van der Waals surface area (Å²) < 4.78 is 5.72. The standard InChI is InChI=1S/C16H19NO/c1-13(2)15-5-7-16(8-6-15)18-11-9-14-4-3-10-17-12-14/h3-8,10,12-13H,9,11H2,1-2H3. The van der Waals surface area contributed by atoms with Gasteiger partial charge in [-0.15, -0.1) is 0 Å². The van der Waals surface area contributed by atoms with Gasteiger partial charge in [0.2, 0.25) is 0 Å². The fraction of sp³-hybridized carbons (Fsp3) is 0.312. The lowest BCUT2D eigenvalue weighted by atomic mass is 10.0. The predicted octanol–water partition coefficient (Wildman–Crippen LogP) is 3.83. The number of pyridine rings is 1. The summed E-state index contributed by atoms with van der Waals surface area (Å²) in [5, 5.41) is 0. The van der Waals surface area contributed by atoms with Crippen LogP contribution in [0, 0.1) is 0 Å². The number of nitrogens with zero attached hydrogens (tertiary/aromatic N) is 1. The minimum atomic E-state index is 0.564. The Morgan fingerprint density at radius 3 is 2.50 bits per heavy atom. The molecule has 2 rings (SSSR count). The van der Waals surface area contributed by atoms with Crippen molar-refractivity contribution < 1.29 is 4.74 Å². The monoisotopic (exact) mass is 241 g/mol. The maximum absolute atomic E-state index is 5.72. The summed E-state index contributed by atoms with van der Waals surface area (Å²) in [7, 11) is 0. The summed E-state index contributed by atoms with van der Waals surface area (Å²) in [5.41, 5.74) is 2.55. The number of rotatable bonds is 5. The molecule has 0 amide bonds. The first-order valence-electron chi connectivity index (χ1n) is 6.37. The van der Waals surface area contributed by atoms with Gasteiger partial charge in [0.1, 0.15) is 5.75 Å². The summed E-state index contributed by atoms with van der Waals surface area (Å²) in [5.74, 6) is 1.50. The van der Waals surface area contributed by atoms with Gasteiger partial charge in [0, 0.05) is 18.8 Å². The average molecular weight is 241 g/mol. The quantitative estimate of drug-likeness (QED) is 0.793. The fourth-order valence-electron chi connectivity index (χ4n) is 1.78. The van der Waals surface area contributed by atoms with Gasteiger partial charge in [-0.1, -0.05) is 32.0 Å². The second-order valence-electron chi connectivity index (χ2n) is 4.68. The smallest absolute Gasteiger partial charge is 0.119 e. The zero-order valence-electron chi connectivity index (χ0n) is 11.0. The van der Waals surface area contributed by atoms with Crippen molar-refractivity contribution in [3.05, 3.63) is 59.9 Å². The average Bonchev–Trinajstić information content (AvgIpc) is 2.40. The molecule has 0 saturated carbocycles. The van der Waals surface area contributed by atoms with Crippen LogP contribution in [0.5, 0.6) is 5.75 Å². The molecule has 18 heavy (non-hydrogen) atoms. The molecule has 0 atom stereocenters. The molecule has 0 aliphatic heterocycles. The van der Waals surface area contributed by atoms with Crippen molar-refractivity contribution >= 4 is 0 Å². The second-order valence-corrected chi connectivity index (χ2v) is 4.68. The molecule has 1 aromatic carbocycles. The maximum Gasteiger partial charge on any atom is 0.119 e. The Bertz CT molecular complexity index is 462. The highest BCUT2D eigenvalue weighted by atomic mass is 16.5. The Morgan fingerprint density at radius 2 is 1.89 bits per heavy atom. The van der Waals surface area contributed by atoms with E-state index in [2.05, 4.69) is 37.0 Å². The van der Waals surface area contributed by atoms with Crippen LogP contribution >= 0.6 is 0 Å². The van der Waals surface area contributed by atoms with E-state index >= 15 is 0 Å². The fourth-order valence-corrected chi connectivity index (χ4v) is 1.78. The molecule has 2 heteroatoms. The number of benzene rings is 1. The highest BCUT2D eigenvalue weighted by Crippen LogP contribution is 2.18. The second kappa shape index (κ2) is 6.20. The summed E-state index contributed by atoms with van der Waals surface area (Å²) in [6, 6.07) is 12.4. The third-order valence-corrected chi connectivity index (χ3v) is 2.93. The van der Waals surface area contributed by atoms with Crippen molar-refractivity contribution in [3.63, 3.8) is 0 Å². The van der Waals surface area contributed by atoms with Gasteiger partial charge in [-0.2, -0.15) is 0 Å². The lowest BCUT2D eigenvalue weighted by Gasteiger charge is -2.08. The first-order valence-corrected chi connectivity index (χ1v) is 6.37. The third kappa shape index (κ3) is 3.59. The zero-order chi connectivity index (χ0) is 12.8. The number of ether oxygens (including phenoxy) is 1. The first kappa shape index (κ1) is 12.6. The Kier molecular flexibility index (Phi) is 4.35. The Hall–Kier alpha value is -1.83. The van der Waals surface area contributed by atoms with Crippen molar-refractivity contribution in [2.24, 2.45) is 0 Å². The van der Waals surface area contributed by atoms with Crippen LogP contribution in [0.2, 0.25) is 0 Å². The molecule has 0 fully saturated rings. The van der Waals surface area contributed by atoms with E-state index < -0.39 is 0 Å². The molecule has 0 aliphatic carbocycles. The highest BCUT2D eigenvalue weighted by molar-refractivity contribution is 5.28. The molecule has 94 valence electrons. The molecule has 1 heterocycles. The van der Waals surface area contributed by atoms with Gasteiger partial charge in [-0.3, -0.25) is 4.98 Å². The van der Waals surface area contributed by atoms with Crippen molar-refractivity contribution in [2.45, 2.75) is 26.2 Å². The van der Waals surface area contributed by atoms with Gasteiger partial charge in [0.15, 0.2) is 0 Å². The summed E-state index contributed by atoms with van der Waals surface area (Å²) >= 11 is 0. The van der Waals surface area contributed by atoms with Gasteiger partial charge >= 0.3 is 0 Å². The van der Waals surface area contributed by atoms with Gasteiger partial charge in [-0.05, 0) is 35.2 Å². The van der Waals surface area contributed by atoms with Crippen LogP contribution in [-0.4, -0.2) is 11.6 Å². The summed E-state index contributed by atoms with van der Waals surface area (Å²) in [6.45, 7) is 5.07.